The molecule has 5 nitrogen and oxygen atoms in total. The first-order valence-corrected chi connectivity index (χ1v) is 7.68. The first kappa shape index (κ1) is 15.3. The zero-order chi connectivity index (χ0) is 16.4. The Hall–Kier alpha value is -2.58. The Bertz CT molecular complexity index is 783. The Morgan fingerprint density at radius 3 is 2.65 bits per heavy atom. The molecule has 2 aromatic rings. The Balaban J connectivity index is 2.01. The number of hydrogen-bond donors (Lipinski definition) is 0. The molecule has 0 radical (unpaired) electrons. The summed E-state index contributed by atoms with van der Waals surface area (Å²) in [5, 5.41) is 21.0. The summed E-state index contributed by atoms with van der Waals surface area (Å²) < 4.78 is 0. The molecular weight excluding hydrogens is 314 g/mol. The van der Waals surface area contributed by atoms with Crippen LogP contribution in [0.3, 0.4) is 0 Å². The molecule has 1 fully saturated rings. The lowest BCUT2D eigenvalue weighted by Crippen LogP contribution is -2.23. The summed E-state index contributed by atoms with van der Waals surface area (Å²) in [5.41, 5.74) is 1.92. The standard InChI is InChI=1S/C17H14ClN3O2/c18-14-6-4-13(5-7-14)15-2-1-9-20(15)16-8-3-12(11-19)10-17(16)21(22)23/h3-8,10,15H,1-2,9H2. The minimum Gasteiger partial charge on any atom is -0.359 e. The number of halogens is 1. The van der Waals surface area contributed by atoms with Crippen LogP contribution < -0.4 is 4.90 Å². The molecule has 1 atom stereocenters. The molecule has 0 saturated carbocycles. The molecule has 1 saturated heterocycles. The highest BCUT2D eigenvalue weighted by Crippen LogP contribution is 2.40. The van der Waals surface area contributed by atoms with Gasteiger partial charge in [0.25, 0.3) is 5.69 Å². The molecule has 116 valence electrons. The van der Waals surface area contributed by atoms with Gasteiger partial charge in [-0.1, -0.05) is 23.7 Å². The maximum Gasteiger partial charge on any atom is 0.293 e. The second-order valence-corrected chi connectivity index (χ2v) is 5.91. The van der Waals surface area contributed by atoms with Gasteiger partial charge < -0.3 is 4.90 Å². The normalized spacial score (nSPS) is 17.0. The van der Waals surface area contributed by atoms with Gasteiger partial charge in [0, 0.05) is 17.6 Å². The van der Waals surface area contributed by atoms with E-state index in [0.29, 0.717) is 16.3 Å². The third-order valence-electron chi connectivity index (χ3n) is 4.12. The van der Waals surface area contributed by atoms with Crippen LogP contribution in [-0.2, 0) is 0 Å². The minimum atomic E-state index is -0.423. The van der Waals surface area contributed by atoms with E-state index in [1.807, 2.05) is 35.2 Å². The van der Waals surface area contributed by atoms with Crippen molar-refractivity contribution < 1.29 is 4.92 Å². The van der Waals surface area contributed by atoms with Crippen molar-refractivity contribution in [3.8, 4) is 6.07 Å². The van der Waals surface area contributed by atoms with E-state index < -0.39 is 4.92 Å². The fourth-order valence-corrected chi connectivity index (χ4v) is 3.19. The number of hydrogen-bond acceptors (Lipinski definition) is 4. The van der Waals surface area contributed by atoms with Crippen molar-refractivity contribution in [3.63, 3.8) is 0 Å². The third kappa shape index (κ3) is 2.99. The van der Waals surface area contributed by atoms with E-state index in [-0.39, 0.29) is 11.7 Å². The van der Waals surface area contributed by atoms with E-state index in [2.05, 4.69) is 0 Å². The highest BCUT2D eigenvalue weighted by atomic mass is 35.5. The summed E-state index contributed by atoms with van der Waals surface area (Å²) in [6.45, 7) is 0.750. The Kier molecular flexibility index (Phi) is 4.18. The van der Waals surface area contributed by atoms with Crippen LogP contribution in [0.5, 0.6) is 0 Å². The molecule has 0 amide bonds. The van der Waals surface area contributed by atoms with Crippen LogP contribution in [0.15, 0.2) is 42.5 Å². The molecule has 1 aliphatic rings. The summed E-state index contributed by atoms with van der Waals surface area (Å²) in [6.07, 6.45) is 1.89. The molecule has 0 bridgehead atoms. The number of nitriles is 1. The fourth-order valence-electron chi connectivity index (χ4n) is 3.07. The molecule has 23 heavy (non-hydrogen) atoms. The molecule has 0 N–H and O–H groups in total. The highest BCUT2D eigenvalue weighted by molar-refractivity contribution is 6.30. The lowest BCUT2D eigenvalue weighted by atomic mass is 10.0. The number of anilines is 1. The second-order valence-electron chi connectivity index (χ2n) is 5.48. The number of nitrogens with zero attached hydrogens (tertiary/aromatic N) is 3. The van der Waals surface area contributed by atoms with Crippen LogP contribution in [0, 0.1) is 21.4 Å². The van der Waals surface area contributed by atoms with E-state index in [1.54, 1.807) is 12.1 Å². The van der Waals surface area contributed by atoms with Gasteiger partial charge in [0.1, 0.15) is 5.69 Å². The van der Waals surface area contributed by atoms with Crippen LogP contribution in [0.25, 0.3) is 0 Å². The molecule has 6 heteroatoms. The maximum absolute atomic E-state index is 11.4. The monoisotopic (exact) mass is 327 g/mol. The van der Waals surface area contributed by atoms with E-state index >= 15 is 0 Å². The molecule has 1 heterocycles. The van der Waals surface area contributed by atoms with Crippen molar-refractivity contribution >= 4 is 23.0 Å². The van der Waals surface area contributed by atoms with Gasteiger partial charge in [-0.15, -0.1) is 0 Å². The van der Waals surface area contributed by atoms with E-state index in [9.17, 15) is 10.1 Å². The van der Waals surface area contributed by atoms with Gasteiger partial charge in [0.2, 0.25) is 0 Å². The molecule has 0 aliphatic carbocycles. The summed E-state index contributed by atoms with van der Waals surface area (Å²) in [4.78, 5) is 13.0. The minimum absolute atomic E-state index is 0.0232. The van der Waals surface area contributed by atoms with Gasteiger partial charge in [-0.05, 0) is 42.7 Å². The van der Waals surface area contributed by atoms with Crippen LogP contribution in [0.2, 0.25) is 5.02 Å². The van der Waals surface area contributed by atoms with E-state index in [1.165, 1.54) is 6.07 Å². The van der Waals surface area contributed by atoms with Crippen LogP contribution in [-0.4, -0.2) is 11.5 Å². The largest absolute Gasteiger partial charge is 0.359 e. The molecular formula is C17H14ClN3O2. The fraction of sp³-hybridized carbons (Fsp3) is 0.235. The predicted octanol–water partition coefficient (Wildman–Crippen LogP) is 4.46. The zero-order valence-electron chi connectivity index (χ0n) is 12.3. The molecule has 1 aliphatic heterocycles. The number of nitro groups is 1. The number of benzene rings is 2. The topological polar surface area (TPSA) is 70.2 Å². The van der Waals surface area contributed by atoms with Gasteiger partial charge in [-0.25, -0.2) is 0 Å². The summed E-state index contributed by atoms with van der Waals surface area (Å²) in [7, 11) is 0. The molecule has 0 aromatic heterocycles. The molecule has 2 aromatic carbocycles. The quantitative estimate of drug-likeness (QED) is 0.616. The van der Waals surface area contributed by atoms with Crippen molar-refractivity contribution in [2.24, 2.45) is 0 Å². The van der Waals surface area contributed by atoms with Crippen molar-refractivity contribution in [3.05, 3.63) is 68.7 Å². The lowest BCUT2D eigenvalue weighted by Gasteiger charge is -2.27. The Morgan fingerprint density at radius 1 is 1.26 bits per heavy atom. The average molecular weight is 328 g/mol. The van der Waals surface area contributed by atoms with E-state index in [4.69, 9.17) is 16.9 Å². The Labute approximate surface area is 138 Å². The van der Waals surface area contributed by atoms with Crippen LogP contribution in [0.1, 0.15) is 30.0 Å². The number of nitro benzene ring substituents is 1. The van der Waals surface area contributed by atoms with Gasteiger partial charge in [0.05, 0.1) is 22.6 Å². The predicted molar refractivity (Wildman–Crippen MR) is 88.6 cm³/mol. The van der Waals surface area contributed by atoms with E-state index in [0.717, 1.165) is 24.9 Å². The number of rotatable bonds is 3. The summed E-state index contributed by atoms with van der Waals surface area (Å²) in [6, 6.07) is 14.3. The van der Waals surface area contributed by atoms with Crippen molar-refractivity contribution in [2.75, 3.05) is 11.4 Å². The lowest BCUT2D eigenvalue weighted by molar-refractivity contribution is -0.384. The first-order valence-electron chi connectivity index (χ1n) is 7.31. The highest BCUT2D eigenvalue weighted by Gasteiger charge is 2.30. The van der Waals surface area contributed by atoms with Gasteiger partial charge in [-0.3, -0.25) is 10.1 Å². The summed E-state index contributed by atoms with van der Waals surface area (Å²) >= 11 is 5.94. The Morgan fingerprint density at radius 2 is 2.00 bits per heavy atom. The van der Waals surface area contributed by atoms with Gasteiger partial charge in [-0.2, -0.15) is 5.26 Å². The van der Waals surface area contributed by atoms with Crippen molar-refractivity contribution in [1.29, 1.82) is 5.26 Å². The zero-order valence-corrected chi connectivity index (χ0v) is 13.0. The summed E-state index contributed by atoms with van der Waals surface area (Å²) in [5.74, 6) is 0. The maximum atomic E-state index is 11.4. The third-order valence-corrected chi connectivity index (χ3v) is 4.37. The van der Waals surface area contributed by atoms with Gasteiger partial charge in [0.15, 0.2) is 0 Å². The average Bonchev–Trinajstić information content (AvgIpc) is 3.04. The SMILES string of the molecule is N#Cc1ccc(N2CCCC2c2ccc(Cl)cc2)c([N+](=O)[O-])c1. The molecule has 3 rings (SSSR count). The van der Waals surface area contributed by atoms with Crippen molar-refractivity contribution in [2.45, 2.75) is 18.9 Å². The first-order chi connectivity index (χ1) is 11.1. The second kappa shape index (κ2) is 6.27. The van der Waals surface area contributed by atoms with Crippen LogP contribution in [0.4, 0.5) is 11.4 Å². The van der Waals surface area contributed by atoms with Crippen molar-refractivity contribution in [1.82, 2.24) is 0 Å². The smallest absolute Gasteiger partial charge is 0.293 e. The van der Waals surface area contributed by atoms with Crippen LogP contribution >= 0.6 is 11.6 Å². The molecule has 1 unspecified atom stereocenters. The van der Waals surface area contributed by atoms with Gasteiger partial charge >= 0.3 is 0 Å². The molecule has 0 spiro atoms.